The van der Waals surface area contributed by atoms with Gasteiger partial charge in [-0.15, -0.1) is 0 Å². The lowest BCUT2D eigenvalue weighted by molar-refractivity contribution is -0.140. The molecule has 0 unspecified atom stereocenters. The van der Waals surface area contributed by atoms with Gasteiger partial charge in [0.1, 0.15) is 12.0 Å². The molecule has 0 saturated heterocycles. The van der Waals surface area contributed by atoms with E-state index in [1.807, 2.05) is 5.32 Å². The van der Waals surface area contributed by atoms with E-state index in [9.17, 15) is 18.0 Å². The molecule has 0 radical (unpaired) electrons. The molecule has 7 nitrogen and oxygen atoms in total. The van der Waals surface area contributed by atoms with E-state index >= 15 is 0 Å². The highest BCUT2D eigenvalue weighted by Gasteiger charge is 2.25. The molecule has 0 aliphatic rings. The van der Waals surface area contributed by atoms with Crippen LogP contribution in [0, 0.1) is 0 Å². The van der Waals surface area contributed by atoms with Crippen LogP contribution >= 0.6 is 0 Å². The average Bonchev–Trinajstić information content (AvgIpc) is 2.12. The van der Waals surface area contributed by atoms with Crippen molar-refractivity contribution in [2.45, 2.75) is 19.9 Å². The third kappa shape index (κ3) is 6.36. The zero-order valence-electron chi connectivity index (χ0n) is 9.10. The van der Waals surface area contributed by atoms with Crippen molar-refractivity contribution >= 4 is 21.7 Å². The van der Waals surface area contributed by atoms with E-state index in [0.29, 0.717) is 0 Å². The summed E-state index contributed by atoms with van der Waals surface area (Å²) < 4.78 is 27.4. The van der Waals surface area contributed by atoms with Crippen LogP contribution in [0.1, 0.15) is 13.8 Å². The number of sulfone groups is 1. The molecule has 0 aromatic heterocycles. The summed E-state index contributed by atoms with van der Waals surface area (Å²) in [5, 5.41) is 10.7. The van der Waals surface area contributed by atoms with Crippen molar-refractivity contribution in [1.29, 1.82) is 0 Å². The fourth-order valence-corrected chi connectivity index (χ4v) is 2.18. The van der Waals surface area contributed by atoms with Crippen LogP contribution in [-0.4, -0.2) is 49.7 Å². The predicted octanol–water partition coefficient (Wildman–Crippen LogP) is -1.02. The molecule has 16 heavy (non-hydrogen) atoms. The molecule has 0 fully saturated rings. The molecule has 1 amide bonds. The summed E-state index contributed by atoms with van der Waals surface area (Å²) in [4.78, 5) is 21.3. The minimum Gasteiger partial charge on any atom is -0.480 e. The van der Waals surface area contributed by atoms with Crippen LogP contribution in [0.3, 0.4) is 0 Å². The van der Waals surface area contributed by atoms with Crippen LogP contribution in [0.5, 0.6) is 0 Å². The van der Waals surface area contributed by atoms with E-state index in [4.69, 9.17) is 9.84 Å². The number of carboxylic acid groups (broad SMARTS) is 1. The molecule has 8 heteroatoms. The van der Waals surface area contributed by atoms with Gasteiger partial charge in [0.15, 0.2) is 9.84 Å². The third-order valence-corrected chi connectivity index (χ3v) is 2.93. The number of nitrogens with one attached hydrogen (secondary N) is 1. The molecule has 0 rings (SSSR count). The summed E-state index contributed by atoms with van der Waals surface area (Å²) in [6.45, 7) is 2.96. The zero-order valence-corrected chi connectivity index (χ0v) is 9.91. The standard InChI is InChI=1S/C8H15NO6S/c1-3-15-5-16(13,14)4-7(8(11)12)9-6(2)10/h7H,3-5H2,1-2H3,(H,9,10)(H,11,12)/t7-/m0/s1. The number of hydrogen-bond donors (Lipinski definition) is 2. The number of carbonyl (C=O) groups excluding carboxylic acids is 1. The first-order valence-electron chi connectivity index (χ1n) is 4.56. The Hall–Kier alpha value is -1.15. The second kappa shape index (κ2) is 6.44. The largest absolute Gasteiger partial charge is 0.480 e. The van der Waals surface area contributed by atoms with Crippen molar-refractivity contribution in [3.05, 3.63) is 0 Å². The lowest BCUT2D eigenvalue weighted by atomic mass is 10.3. The molecule has 2 N–H and O–H groups in total. The van der Waals surface area contributed by atoms with Crippen LogP contribution < -0.4 is 5.32 Å². The van der Waals surface area contributed by atoms with Gasteiger partial charge >= 0.3 is 5.97 Å². The van der Waals surface area contributed by atoms with Gasteiger partial charge in [-0.25, -0.2) is 13.2 Å². The van der Waals surface area contributed by atoms with Crippen molar-refractivity contribution in [3.8, 4) is 0 Å². The normalized spacial score (nSPS) is 13.1. The first-order chi connectivity index (χ1) is 7.28. The smallest absolute Gasteiger partial charge is 0.327 e. The fraction of sp³-hybridized carbons (Fsp3) is 0.750. The highest BCUT2D eigenvalue weighted by atomic mass is 32.2. The summed E-state index contributed by atoms with van der Waals surface area (Å²) in [6.07, 6.45) is 0. The summed E-state index contributed by atoms with van der Waals surface area (Å²) in [7, 11) is -3.65. The summed E-state index contributed by atoms with van der Waals surface area (Å²) in [5.74, 6) is -3.22. The molecule has 1 atom stereocenters. The summed E-state index contributed by atoms with van der Waals surface area (Å²) >= 11 is 0. The molecule has 0 aliphatic carbocycles. The van der Waals surface area contributed by atoms with Gasteiger partial charge in [-0.05, 0) is 6.92 Å². The Morgan fingerprint density at radius 1 is 1.44 bits per heavy atom. The molecule has 0 saturated carbocycles. The van der Waals surface area contributed by atoms with Crippen molar-refractivity contribution in [2.75, 3.05) is 18.3 Å². The molecule has 0 aromatic carbocycles. The van der Waals surface area contributed by atoms with Gasteiger partial charge in [0, 0.05) is 13.5 Å². The molecular formula is C8H15NO6S. The SMILES string of the molecule is CCOCS(=O)(=O)C[C@H](NC(C)=O)C(=O)O. The van der Waals surface area contributed by atoms with E-state index in [2.05, 4.69) is 0 Å². The highest BCUT2D eigenvalue weighted by Crippen LogP contribution is 1.97. The van der Waals surface area contributed by atoms with Gasteiger partial charge in [-0.1, -0.05) is 0 Å². The van der Waals surface area contributed by atoms with Gasteiger partial charge < -0.3 is 15.2 Å². The van der Waals surface area contributed by atoms with Crippen molar-refractivity contribution in [1.82, 2.24) is 5.32 Å². The number of amides is 1. The minimum atomic E-state index is -3.65. The van der Waals surface area contributed by atoms with E-state index < -0.39 is 39.4 Å². The van der Waals surface area contributed by atoms with Gasteiger partial charge in [0.25, 0.3) is 0 Å². The fourth-order valence-electron chi connectivity index (χ4n) is 0.932. The Morgan fingerprint density at radius 3 is 2.38 bits per heavy atom. The van der Waals surface area contributed by atoms with Crippen LogP contribution in [0.2, 0.25) is 0 Å². The Balaban J connectivity index is 4.50. The lowest BCUT2D eigenvalue weighted by Crippen LogP contribution is -2.45. The number of ether oxygens (including phenoxy) is 1. The molecule has 0 bridgehead atoms. The molecule has 0 heterocycles. The number of rotatable bonds is 7. The first kappa shape index (κ1) is 14.8. The Bertz CT molecular complexity index is 350. The first-order valence-corrected chi connectivity index (χ1v) is 6.38. The van der Waals surface area contributed by atoms with Gasteiger partial charge in [0.05, 0.1) is 5.75 Å². The quantitative estimate of drug-likeness (QED) is 0.601. The number of aliphatic carboxylic acids is 1. The topological polar surface area (TPSA) is 110 Å². The van der Waals surface area contributed by atoms with Gasteiger partial charge in [-0.2, -0.15) is 0 Å². The van der Waals surface area contributed by atoms with Gasteiger partial charge in [-0.3, -0.25) is 4.79 Å². The number of carbonyl (C=O) groups is 2. The molecule has 0 aromatic rings. The van der Waals surface area contributed by atoms with Crippen LogP contribution in [0.25, 0.3) is 0 Å². The van der Waals surface area contributed by atoms with E-state index in [-0.39, 0.29) is 6.61 Å². The maximum atomic E-state index is 11.3. The minimum absolute atomic E-state index is 0.219. The van der Waals surface area contributed by atoms with Crippen molar-refractivity contribution in [2.24, 2.45) is 0 Å². The van der Waals surface area contributed by atoms with Gasteiger partial charge in [0.2, 0.25) is 5.91 Å². The Morgan fingerprint density at radius 2 is 2.00 bits per heavy atom. The van der Waals surface area contributed by atoms with E-state index in [0.717, 1.165) is 6.92 Å². The summed E-state index contributed by atoms with van der Waals surface area (Å²) in [6, 6.07) is -1.44. The van der Waals surface area contributed by atoms with Crippen molar-refractivity contribution < 1.29 is 27.9 Å². The maximum absolute atomic E-state index is 11.3. The van der Waals surface area contributed by atoms with Crippen LogP contribution in [0.15, 0.2) is 0 Å². The number of hydrogen-bond acceptors (Lipinski definition) is 5. The third-order valence-electron chi connectivity index (χ3n) is 1.56. The second-order valence-corrected chi connectivity index (χ2v) is 5.17. The summed E-state index contributed by atoms with van der Waals surface area (Å²) in [5.41, 5.74) is 0. The van der Waals surface area contributed by atoms with E-state index in [1.165, 1.54) is 0 Å². The highest BCUT2D eigenvalue weighted by molar-refractivity contribution is 7.91. The lowest BCUT2D eigenvalue weighted by Gasteiger charge is -2.13. The second-order valence-electron chi connectivity index (χ2n) is 3.11. The predicted molar refractivity (Wildman–Crippen MR) is 55.5 cm³/mol. The average molecular weight is 253 g/mol. The van der Waals surface area contributed by atoms with Crippen LogP contribution in [-0.2, 0) is 24.2 Å². The monoisotopic (exact) mass is 253 g/mol. The van der Waals surface area contributed by atoms with Crippen molar-refractivity contribution in [3.63, 3.8) is 0 Å². The Kier molecular flexibility index (Phi) is 5.97. The molecule has 0 spiro atoms. The Labute approximate surface area is 93.7 Å². The molecular weight excluding hydrogens is 238 g/mol. The zero-order chi connectivity index (χ0) is 12.8. The molecule has 94 valence electrons. The maximum Gasteiger partial charge on any atom is 0.327 e. The number of carboxylic acids is 1. The molecule has 0 aliphatic heterocycles. The van der Waals surface area contributed by atoms with E-state index in [1.54, 1.807) is 6.92 Å². The van der Waals surface area contributed by atoms with Crippen LogP contribution in [0.4, 0.5) is 0 Å².